The number of halogens is 1. The first-order valence-electron chi connectivity index (χ1n) is 6.40. The standard InChI is InChI=1S/C13H16N2O3S.ClH/c14-7-9-5-12(9)15-19(17,18)10-3-1-8-2-4-13(16)11(8)6-10;/h1,3,6,9,12,15H,2,4-5,7,14H2;1H. The van der Waals surface area contributed by atoms with Crippen LogP contribution in [0.4, 0.5) is 0 Å². The third-order valence-corrected chi connectivity index (χ3v) is 5.33. The van der Waals surface area contributed by atoms with Crippen LogP contribution in [0.3, 0.4) is 0 Å². The molecule has 1 saturated carbocycles. The highest BCUT2D eigenvalue weighted by atomic mass is 35.5. The summed E-state index contributed by atoms with van der Waals surface area (Å²) in [6.45, 7) is 0.496. The molecule has 20 heavy (non-hydrogen) atoms. The molecule has 1 fully saturated rings. The van der Waals surface area contributed by atoms with Gasteiger partial charge in [0.15, 0.2) is 5.78 Å². The number of sulfonamides is 1. The van der Waals surface area contributed by atoms with Crippen molar-refractivity contribution >= 4 is 28.2 Å². The van der Waals surface area contributed by atoms with Crippen LogP contribution in [0, 0.1) is 5.92 Å². The number of benzene rings is 1. The van der Waals surface area contributed by atoms with Crippen LogP contribution in [0.2, 0.25) is 0 Å². The molecule has 2 aliphatic carbocycles. The molecule has 3 rings (SSSR count). The van der Waals surface area contributed by atoms with Crippen molar-refractivity contribution in [1.29, 1.82) is 0 Å². The molecule has 0 heterocycles. The Labute approximate surface area is 124 Å². The van der Waals surface area contributed by atoms with Gasteiger partial charge in [0.05, 0.1) is 4.90 Å². The molecule has 1 aromatic rings. The van der Waals surface area contributed by atoms with Crippen LogP contribution in [0.15, 0.2) is 23.1 Å². The minimum absolute atomic E-state index is 0. The summed E-state index contributed by atoms with van der Waals surface area (Å²) in [6, 6.07) is 4.74. The number of Topliss-reactive ketones (excluding diaryl/α,β-unsaturated/α-hetero) is 1. The lowest BCUT2D eigenvalue weighted by molar-refractivity contribution is 0.0994. The first-order chi connectivity index (χ1) is 9.01. The molecule has 0 amide bonds. The molecule has 1 aromatic carbocycles. The smallest absolute Gasteiger partial charge is 0.240 e. The Morgan fingerprint density at radius 2 is 2.05 bits per heavy atom. The fraction of sp³-hybridized carbons (Fsp3) is 0.462. The molecule has 0 saturated heterocycles. The van der Waals surface area contributed by atoms with Crippen LogP contribution in [-0.4, -0.2) is 26.8 Å². The van der Waals surface area contributed by atoms with Gasteiger partial charge in [-0.2, -0.15) is 0 Å². The zero-order valence-corrected chi connectivity index (χ0v) is 12.5. The lowest BCUT2D eigenvalue weighted by atomic mass is 10.1. The number of rotatable bonds is 4. The minimum atomic E-state index is -3.54. The summed E-state index contributed by atoms with van der Waals surface area (Å²) in [6.07, 6.45) is 1.98. The van der Waals surface area contributed by atoms with Crippen molar-refractivity contribution in [2.24, 2.45) is 11.7 Å². The zero-order chi connectivity index (χ0) is 13.6. The summed E-state index contributed by atoms with van der Waals surface area (Å²) in [5.41, 5.74) is 6.98. The number of hydrogen-bond donors (Lipinski definition) is 2. The maximum absolute atomic E-state index is 12.2. The molecule has 0 aromatic heterocycles. The summed E-state index contributed by atoms with van der Waals surface area (Å²) in [5.74, 6) is 0.268. The second kappa shape index (κ2) is 5.44. The van der Waals surface area contributed by atoms with Gasteiger partial charge in [-0.05, 0) is 43.0 Å². The number of hydrogen-bond acceptors (Lipinski definition) is 4. The average Bonchev–Trinajstić information content (AvgIpc) is 3.02. The van der Waals surface area contributed by atoms with E-state index in [-0.39, 0.29) is 35.0 Å². The summed E-state index contributed by atoms with van der Waals surface area (Å²) in [4.78, 5) is 11.8. The van der Waals surface area contributed by atoms with E-state index in [9.17, 15) is 13.2 Å². The van der Waals surface area contributed by atoms with E-state index in [1.54, 1.807) is 12.1 Å². The molecule has 5 nitrogen and oxygen atoms in total. The van der Waals surface area contributed by atoms with E-state index in [4.69, 9.17) is 5.73 Å². The van der Waals surface area contributed by atoms with Crippen LogP contribution in [0.25, 0.3) is 0 Å². The SMILES string of the molecule is Cl.NCC1CC1NS(=O)(=O)c1ccc2c(c1)C(=O)CC2. The van der Waals surface area contributed by atoms with Gasteiger partial charge >= 0.3 is 0 Å². The Bertz CT molecular complexity index is 645. The predicted octanol–water partition coefficient (Wildman–Crippen LogP) is 0.863. The van der Waals surface area contributed by atoms with Crippen LogP contribution in [-0.2, 0) is 16.4 Å². The number of ketones is 1. The maximum atomic E-state index is 12.2. The van der Waals surface area contributed by atoms with Crippen LogP contribution >= 0.6 is 12.4 Å². The third kappa shape index (κ3) is 2.74. The number of carbonyl (C=O) groups is 1. The third-order valence-electron chi connectivity index (χ3n) is 3.85. The molecule has 7 heteroatoms. The Balaban J connectivity index is 0.00000147. The van der Waals surface area contributed by atoms with E-state index in [1.807, 2.05) is 0 Å². The van der Waals surface area contributed by atoms with E-state index in [0.29, 0.717) is 24.9 Å². The largest absolute Gasteiger partial charge is 0.330 e. The molecule has 2 atom stereocenters. The average molecular weight is 317 g/mol. The van der Waals surface area contributed by atoms with Crippen molar-refractivity contribution in [1.82, 2.24) is 4.72 Å². The molecule has 2 unspecified atom stereocenters. The van der Waals surface area contributed by atoms with Gasteiger partial charge in [0.2, 0.25) is 10.0 Å². The molecule has 3 N–H and O–H groups in total. The van der Waals surface area contributed by atoms with Crippen molar-refractivity contribution in [3.8, 4) is 0 Å². The number of nitrogens with one attached hydrogen (secondary N) is 1. The summed E-state index contributed by atoms with van der Waals surface area (Å²) >= 11 is 0. The van der Waals surface area contributed by atoms with Gasteiger partial charge in [0.1, 0.15) is 0 Å². The summed E-state index contributed by atoms with van der Waals surface area (Å²) in [5, 5.41) is 0. The Hall–Kier alpha value is -0.950. The van der Waals surface area contributed by atoms with Gasteiger partial charge in [0.25, 0.3) is 0 Å². The lowest BCUT2D eigenvalue weighted by Crippen LogP contribution is -2.28. The van der Waals surface area contributed by atoms with E-state index in [2.05, 4.69) is 4.72 Å². The fourth-order valence-corrected chi connectivity index (χ4v) is 3.85. The zero-order valence-electron chi connectivity index (χ0n) is 10.8. The second-order valence-electron chi connectivity index (χ2n) is 5.20. The van der Waals surface area contributed by atoms with Gasteiger partial charge in [-0.15, -0.1) is 12.4 Å². The molecule has 0 radical (unpaired) electrons. The number of carbonyl (C=O) groups excluding carboxylic acids is 1. The predicted molar refractivity (Wildman–Crippen MR) is 77.6 cm³/mol. The van der Waals surface area contributed by atoms with Gasteiger partial charge in [-0.3, -0.25) is 4.79 Å². The fourth-order valence-electron chi connectivity index (χ4n) is 2.50. The molecule has 0 spiro atoms. The first kappa shape index (κ1) is 15.4. The highest BCUT2D eigenvalue weighted by Crippen LogP contribution is 2.31. The Morgan fingerprint density at radius 1 is 1.30 bits per heavy atom. The molecular weight excluding hydrogens is 300 g/mol. The van der Waals surface area contributed by atoms with Crippen LogP contribution < -0.4 is 10.5 Å². The van der Waals surface area contributed by atoms with Crippen LogP contribution in [0.5, 0.6) is 0 Å². The molecule has 110 valence electrons. The van der Waals surface area contributed by atoms with Gasteiger partial charge in [-0.1, -0.05) is 6.07 Å². The molecular formula is C13H17ClN2O3S. The van der Waals surface area contributed by atoms with E-state index >= 15 is 0 Å². The highest BCUT2D eigenvalue weighted by molar-refractivity contribution is 7.89. The van der Waals surface area contributed by atoms with Crippen molar-refractivity contribution in [2.75, 3.05) is 6.54 Å². The van der Waals surface area contributed by atoms with Crippen molar-refractivity contribution < 1.29 is 13.2 Å². The molecule has 0 aliphatic heterocycles. The number of aryl methyl sites for hydroxylation is 1. The summed E-state index contributed by atoms with van der Waals surface area (Å²) < 4.78 is 27.0. The minimum Gasteiger partial charge on any atom is -0.330 e. The second-order valence-corrected chi connectivity index (χ2v) is 6.92. The van der Waals surface area contributed by atoms with E-state index in [1.165, 1.54) is 6.07 Å². The van der Waals surface area contributed by atoms with Gasteiger partial charge in [-0.25, -0.2) is 13.1 Å². The van der Waals surface area contributed by atoms with E-state index in [0.717, 1.165) is 12.0 Å². The lowest BCUT2D eigenvalue weighted by Gasteiger charge is -2.07. The van der Waals surface area contributed by atoms with Gasteiger partial charge < -0.3 is 5.73 Å². The quantitative estimate of drug-likeness (QED) is 0.862. The first-order valence-corrected chi connectivity index (χ1v) is 7.88. The number of nitrogens with two attached hydrogens (primary N) is 1. The summed E-state index contributed by atoms with van der Waals surface area (Å²) in [7, 11) is -3.54. The molecule has 0 bridgehead atoms. The topological polar surface area (TPSA) is 89.3 Å². The Kier molecular flexibility index (Phi) is 4.20. The highest BCUT2D eigenvalue weighted by Gasteiger charge is 2.39. The van der Waals surface area contributed by atoms with E-state index < -0.39 is 10.0 Å². The van der Waals surface area contributed by atoms with Crippen molar-refractivity contribution in [2.45, 2.75) is 30.2 Å². The molecule has 2 aliphatic rings. The Morgan fingerprint density at radius 3 is 2.70 bits per heavy atom. The van der Waals surface area contributed by atoms with Crippen molar-refractivity contribution in [3.05, 3.63) is 29.3 Å². The van der Waals surface area contributed by atoms with Gasteiger partial charge in [0, 0.05) is 18.0 Å². The normalized spacial score (nSPS) is 24.1. The maximum Gasteiger partial charge on any atom is 0.240 e. The monoisotopic (exact) mass is 316 g/mol. The van der Waals surface area contributed by atoms with Crippen molar-refractivity contribution in [3.63, 3.8) is 0 Å². The number of fused-ring (bicyclic) bond motifs is 1. The van der Waals surface area contributed by atoms with Crippen LogP contribution in [0.1, 0.15) is 28.8 Å².